The van der Waals surface area contributed by atoms with Crippen LogP contribution in [0.2, 0.25) is 0 Å². The fourth-order valence-electron chi connectivity index (χ4n) is 3.52. The van der Waals surface area contributed by atoms with Gasteiger partial charge in [-0.1, -0.05) is 20.8 Å². The van der Waals surface area contributed by atoms with Crippen LogP contribution in [-0.2, 0) is 17.9 Å². The molecule has 1 aromatic carbocycles. The molecule has 8 heteroatoms. The van der Waals surface area contributed by atoms with Crippen LogP contribution in [0.25, 0.3) is 10.9 Å². The maximum absolute atomic E-state index is 14.8. The lowest BCUT2D eigenvalue weighted by Gasteiger charge is -2.29. The summed E-state index contributed by atoms with van der Waals surface area (Å²) in [6.07, 6.45) is -1.45. The van der Waals surface area contributed by atoms with Gasteiger partial charge >= 0.3 is 6.18 Å². The molecule has 1 unspecified atom stereocenters. The van der Waals surface area contributed by atoms with Crippen LogP contribution >= 0.6 is 0 Å². The first kappa shape index (κ1) is 23.4. The number of hydrogen-bond acceptors (Lipinski definition) is 2. The highest BCUT2D eigenvalue weighted by atomic mass is 32.2. The van der Waals surface area contributed by atoms with Crippen molar-refractivity contribution in [3.05, 3.63) is 35.3 Å². The van der Waals surface area contributed by atoms with Gasteiger partial charge in [-0.15, -0.1) is 4.72 Å². The lowest BCUT2D eigenvalue weighted by atomic mass is 9.97. The monoisotopic (exact) mass is 446 g/mol. The van der Waals surface area contributed by atoms with Crippen LogP contribution < -0.4 is 4.72 Å². The number of aromatic nitrogens is 1. The molecule has 1 saturated carbocycles. The van der Waals surface area contributed by atoms with Crippen LogP contribution in [0, 0.1) is 11.2 Å². The quantitative estimate of drug-likeness (QED) is 0.429. The first-order chi connectivity index (χ1) is 13.6. The minimum atomic E-state index is -4.69. The molecule has 1 N–H and O–H groups in total. The Morgan fingerprint density at radius 1 is 1.13 bits per heavy atom. The summed E-state index contributed by atoms with van der Waals surface area (Å²) in [5, 5.41) is 0.210. The molecule has 0 bridgehead atoms. The van der Waals surface area contributed by atoms with Gasteiger partial charge in [0.2, 0.25) is 0 Å². The zero-order chi connectivity index (χ0) is 22.6. The van der Waals surface area contributed by atoms with Crippen LogP contribution in [0.1, 0.15) is 77.5 Å². The van der Waals surface area contributed by atoms with Gasteiger partial charge in [0.1, 0.15) is 10.6 Å². The van der Waals surface area contributed by atoms with Crippen molar-refractivity contribution in [3.8, 4) is 0 Å². The summed E-state index contributed by atoms with van der Waals surface area (Å²) in [6.45, 7) is 11.3. The summed E-state index contributed by atoms with van der Waals surface area (Å²) < 4.78 is 72.6. The number of rotatable bonds is 5. The van der Waals surface area contributed by atoms with E-state index in [1.807, 2.05) is 20.8 Å². The fourth-order valence-corrected chi connectivity index (χ4v) is 4.35. The Hall–Kier alpha value is -1.25. The molecule has 0 spiro atoms. The molecular weight excluding hydrogens is 416 g/mol. The van der Waals surface area contributed by atoms with Crippen molar-refractivity contribution in [2.75, 3.05) is 0 Å². The molecule has 0 radical (unpaired) electrons. The Labute approximate surface area is 178 Å². The molecule has 30 heavy (non-hydrogen) atoms. The molecule has 1 fully saturated rings. The summed E-state index contributed by atoms with van der Waals surface area (Å²) in [6, 6.07) is 0.761. The molecule has 1 aliphatic carbocycles. The van der Waals surface area contributed by atoms with E-state index >= 15 is 0 Å². The summed E-state index contributed by atoms with van der Waals surface area (Å²) in [5.41, 5.74) is 0.866. The molecule has 0 saturated heterocycles. The lowest BCUT2D eigenvalue weighted by molar-refractivity contribution is -0.152. The SMILES string of the molecule is CC(C)(C)Cn1cc([C@H](N[S+]([O-])C(C)(C)C)C(F)(F)F)c2cc(F)c(C3CC3)cc21. The molecule has 1 aromatic heterocycles. The molecule has 1 aliphatic rings. The van der Waals surface area contributed by atoms with Crippen molar-refractivity contribution < 1.29 is 22.1 Å². The van der Waals surface area contributed by atoms with Gasteiger partial charge in [-0.05, 0) is 62.6 Å². The average Bonchev–Trinajstić information content (AvgIpc) is 3.33. The first-order valence-electron chi connectivity index (χ1n) is 10.1. The first-order valence-corrected chi connectivity index (χ1v) is 11.3. The third kappa shape index (κ3) is 5.14. The molecule has 2 atom stereocenters. The van der Waals surface area contributed by atoms with E-state index in [0.717, 1.165) is 12.8 Å². The topological polar surface area (TPSA) is 40.0 Å². The van der Waals surface area contributed by atoms with Gasteiger partial charge in [-0.2, -0.15) is 13.2 Å². The number of benzene rings is 1. The largest absolute Gasteiger partial charge is 0.598 e. The second-order valence-corrected chi connectivity index (χ2v) is 12.4. The predicted molar refractivity (Wildman–Crippen MR) is 113 cm³/mol. The number of nitrogens with one attached hydrogen (secondary N) is 1. The van der Waals surface area contributed by atoms with Crippen molar-refractivity contribution >= 4 is 22.3 Å². The highest BCUT2D eigenvalue weighted by Crippen LogP contribution is 2.45. The van der Waals surface area contributed by atoms with Crippen LogP contribution in [0.4, 0.5) is 17.6 Å². The van der Waals surface area contributed by atoms with Gasteiger partial charge in [0, 0.05) is 40.6 Å². The molecule has 3 rings (SSSR count). The van der Waals surface area contributed by atoms with Crippen LogP contribution in [0.5, 0.6) is 0 Å². The molecule has 3 nitrogen and oxygen atoms in total. The van der Waals surface area contributed by atoms with Crippen molar-refractivity contribution in [1.29, 1.82) is 0 Å². The normalized spacial score (nSPS) is 18.1. The van der Waals surface area contributed by atoms with E-state index in [0.29, 0.717) is 17.6 Å². The van der Waals surface area contributed by atoms with Gasteiger partial charge in [-0.25, -0.2) is 4.39 Å². The third-order valence-electron chi connectivity index (χ3n) is 5.11. The van der Waals surface area contributed by atoms with Crippen molar-refractivity contribution in [1.82, 2.24) is 9.29 Å². The Balaban J connectivity index is 2.18. The molecule has 0 aliphatic heterocycles. The molecular formula is C22H30F4N2OS. The maximum Gasteiger partial charge on any atom is 0.412 e. The van der Waals surface area contributed by atoms with Gasteiger partial charge in [0.05, 0.1) is 0 Å². The summed E-state index contributed by atoms with van der Waals surface area (Å²) >= 11 is -1.95. The fraction of sp³-hybridized carbons (Fsp3) is 0.636. The minimum absolute atomic E-state index is 0.0967. The van der Waals surface area contributed by atoms with Crippen LogP contribution in [-0.4, -0.2) is 20.0 Å². The maximum atomic E-state index is 14.8. The van der Waals surface area contributed by atoms with E-state index < -0.39 is 34.1 Å². The van der Waals surface area contributed by atoms with E-state index in [2.05, 4.69) is 4.72 Å². The van der Waals surface area contributed by atoms with Gasteiger partial charge in [0.15, 0.2) is 6.04 Å². The van der Waals surface area contributed by atoms with Gasteiger partial charge in [-0.3, -0.25) is 0 Å². The average molecular weight is 447 g/mol. The van der Waals surface area contributed by atoms with E-state index in [1.165, 1.54) is 12.3 Å². The number of fused-ring (bicyclic) bond motifs is 1. The molecule has 2 aromatic rings. The van der Waals surface area contributed by atoms with Crippen LogP contribution in [0.3, 0.4) is 0 Å². The Kier molecular flexibility index (Phi) is 6.02. The predicted octanol–water partition coefficient (Wildman–Crippen LogP) is 6.36. The van der Waals surface area contributed by atoms with E-state index in [4.69, 9.17) is 0 Å². The standard InChI is InChI=1S/C22H30F4N2OS/c1-20(2,3)12-28-11-16(19(22(24,25)26)27-30(29)21(4,5)6)15-9-17(23)14(10-18(15)28)13-7-8-13/h9-11,13,19,27H,7-8,12H2,1-6H3/t19-,30?/m0/s1. The second kappa shape index (κ2) is 7.71. The van der Waals surface area contributed by atoms with E-state index in [-0.39, 0.29) is 22.3 Å². The Morgan fingerprint density at radius 3 is 2.20 bits per heavy atom. The second-order valence-electron chi connectivity index (χ2n) is 10.4. The smallest absolute Gasteiger partial charge is 0.412 e. The van der Waals surface area contributed by atoms with Gasteiger partial charge in [0.25, 0.3) is 0 Å². The number of alkyl halides is 3. The molecule has 1 heterocycles. The molecule has 0 amide bonds. The third-order valence-corrected chi connectivity index (χ3v) is 6.67. The highest BCUT2D eigenvalue weighted by Gasteiger charge is 2.47. The van der Waals surface area contributed by atoms with Crippen molar-refractivity contribution in [2.45, 2.75) is 83.8 Å². The van der Waals surface area contributed by atoms with Crippen molar-refractivity contribution in [2.24, 2.45) is 5.41 Å². The lowest BCUT2D eigenvalue weighted by Crippen LogP contribution is -2.45. The summed E-state index contributed by atoms with van der Waals surface area (Å²) in [5.74, 6) is -0.335. The van der Waals surface area contributed by atoms with Gasteiger partial charge < -0.3 is 9.12 Å². The highest BCUT2D eigenvalue weighted by molar-refractivity contribution is 7.90. The number of nitrogens with zero attached hydrogens (tertiary/aromatic N) is 1. The number of halogens is 4. The zero-order valence-corrected chi connectivity index (χ0v) is 19.1. The van der Waals surface area contributed by atoms with Crippen molar-refractivity contribution in [3.63, 3.8) is 0 Å². The minimum Gasteiger partial charge on any atom is -0.598 e. The Bertz CT molecular complexity index is 920. The van der Waals surface area contributed by atoms with E-state index in [1.54, 1.807) is 31.4 Å². The van der Waals surface area contributed by atoms with Crippen LogP contribution in [0.15, 0.2) is 18.3 Å². The zero-order valence-electron chi connectivity index (χ0n) is 18.3. The Morgan fingerprint density at radius 2 is 1.73 bits per heavy atom. The molecule has 168 valence electrons. The number of hydrogen-bond donors (Lipinski definition) is 1. The van der Waals surface area contributed by atoms with E-state index in [9.17, 15) is 22.1 Å². The summed E-state index contributed by atoms with van der Waals surface area (Å²) in [7, 11) is 0. The summed E-state index contributed by atoms with van der Waals surface area (Å²) in [4.78, 5) is 0.